The van der Waals surface area contributed by atoms with Crippen LogP contribution in [0, 0.1) is 11.6 Å². The molecule has 5 heteroatoms. The molecule has 1 unspecified atom stereocenters. The first-order valence-corrected chi connectivity index (χ1v) is 8.42. The van der Waals surface area contributed by atoms with E-state index in [0.29, 0.717) is 6.42 Å². The number of carbonyl (C=O) groups is 1. The Bertz CT molecular complexity index is 900. The Morgan fingerprint density at radius 3 is 2.25 bits per heavy atom. The summed E-state index contributed by atoms with van der Waals surface area (Å²) in [5.41, 5.74) is 3.43. The minimum Gasteiger partial charge on any atom is -0.325 e. The van der Waals surface area contributed by atoms with E-state index in [9.17, 15) is 13.6 Å². The van der Waals surface area contributed by atoms with Gasteiger partial charge in [0.2, 0.25) is 5.91 Å². The third-order valence-corrected chi connectivity index (χ3v) is 5.31. The molecule has 1 aliphatic rings. The summed E-state index contributed by atoms with van der Waals surface area (Å²) in [5.74, 6) is -0.749. The van der Waals surface area contributed by atoms with E-state index in [0.717, 1.165) is 27.3 Å². The first-order valence-electron chi connectivity index (χ1n) is 7.54. The first-order chi connectivity index (χ1) is 11.6. The summed E-state index contributed by atoms with van der Waals surface area (Å²) in [7, 11) is 0. The van der Waals surface area contributed by atoms with E-state index in [1.54, 1.807) is 35.6 Å². The maximum atomic E-state index is 13.2. The van der Waals surface area contributed by atoms with Gasteiger partial charge in [0.15, 0.2) is 0 Å². The highest BCUT2D eigenvalue weighted by atomic mass is 32.1. The number of hydrogen-bond donors (Lipinski definition) is 1. The van der Waals surface area contributed by atoms with Gasteiger partial charge in [0, 0.05) is 28.2 Å². The molecule has 0 saturated carbocycles. The van der Waals surface area contributed by atoms with Gasteiger partial charge in [0.25, 0.3) is 0 Å². The van der Waals surface area contributed by atoms with Gasteiger partial charge >= 0.3 is 0 Å². The van der Waals surface area contributed by atoms with Crippen LogP contribution >= 0.6 is 11.3 Å². The average Bonchev–Trinajstić information content (AvgIpc) is 2.99. The van der Waals surface area contributed by atoms with Crippen LogP contribution in [0.3, 0.4) is 0 Å². The standard InChI is InChI=1S/C19H13F2NOS/c20-13-5-1-11(2-6-13)15-9-17(23)22-18-16(10-24-19(15)18)12-3-7-14(21)8-4-12/h1-8,10,15H,9H2,(H,22,23). The minimum absolute atomic E-state index is 0.0708. The zero-order valence-corrected chi connectivity index (χ0v) is 13.4. The van der Waals surface area contributed by atoms with Crippen LogP contribution in [-0.4, -0.2) is 5.91 Å². The molecule has 2 heterocycles. The van der Waals surface area contributed by atoms with Crippen LogP contribution in [0.15, 0.2) is 53.9 Å². The molecule has 1 N–H and O–H groups in total. The number of anilines is 1. The van der Waals surface area contributed by atoms with E-state index in [1.165, 1.54) is 24.3 Å². The van der Waals surface area contributed by atoms with Crippen molar-refractivity contribution in [2.45, 2.75) is 12.3 Å². The normalized spacial score (nSPS) is 16.6. The highest BCUT2D eigenvalue weighted by Crippen LogP contribution is 2.46. The zero-order chi connectivity index (χ0) is 16.7. The summed E-state index contributed by atoms with van der Waals surface area (Å²) in [6.07, 6.45) is 0.335. The van der Waals surface area contributed by atoms with Gasteiger partial charge < -0.3 is 5.32 Å². The second kappa shape index (κ2) is 5.83. The minimum atomic E-state index is -0.295. The number of nitrogens with one attached hydrogen (secondary N) is 1. The molecule has 4 rings (SSSR count). The summed E-state index contributed by atoms with van der Waals surface area (Å²) in [6.45, 7) is 0. The van der Waals surface area contributed by atoms with Gasteiger partial charge in [-0.1, -0.05) is 24.3 Å². The van der Waals surface area contributed by atoms with Crippen molar-refractivity contribution in [1.82, 2.24) is 0 Å². The molecule has 0 bridgehead atoms. The third kappa shape index (κ3) is 2.61. The van der Waals surface area contributed by atoms with Crippen molar-refractivity contribution in [2.24, 2.45) is 0 Å². The summed E-state index contributed by atoms with van der Waals surface area (Å²) in [6, 6.07) is 12.5. The van der Waals surface area contributed by atoms with Gasteiger partial charge in [0.05, 0.1) is 5.69 Å². The SMILES string of the molecule is O=C1CC(c2ccc(F)cc2)c2scc(-c3ccc(F)cc3)c2N1. The number of benzene rings is 2. The Balaban J connectivity index is 1.80. The number of fused-ring (bicyclic) bond motifs is 1. The quantitative estimate of drug-likeness (QED) is 0.685. The highest BCUT2D eigenvalue weighted by Gasteiger charge is 2.30. The van der Waals surface area contributed by atoms with Crippen LogP contribution in [0.25, 0.3) is 11.1 Å². The van der Waals surface area contributed by atoms with Crippen molar-refractivity contribution in [3.05, 3.63) is 76.0 Å². The van der Waals surface area contributed by atoms with Crippen molar-refractivity contribution < 1.29 is 13.6 Å². The fourth-order valence-corrected chi connectivity index (χ4v) is 4.19. The lowest BCUT2D eigenvalue weighted by Gasteiger charge is -2.24. The zero-order valence-electron chi connectivity index (χ0n) is 12.6. The molecule has 2 nitrogen and oxygen atoms in total. The van der Waals surface area contributed by atoms with Crippen LogP contribution in [0.2, 0.25) is 0 Å². The molecule has 1 atom stereocenters. The largest absolute Gasteiger partial charge is 0.325 e. The van der Waals surface area contributed by atoms with E-state index in [-0.39, 0.29) is 23.5 Å². The van der Waals surface area contributed by atoms with E-state index in [4.69, 9.17) is 0 Å². The van der Waals surface area contributed by atoms with E-state index in [1.807, 2.05) is 5.38 Å². The number of carbonyl (C=O) groups excluding carboxylic acids is 1. The predicted octanol–water partition coefficient (Wildman–Crippen LogP) is 5.17. The molecule has 1 aromatic heterocycles. The van der Waals surface area contributed by atoms with Gasteiger partial charge in [0.1, 0.15) is 11.6 Å². The Kier molecular flexibility index (Phi) is 3.65. The number of amides is 1. The predicted molar refractivity (Wildman–Crippen MR) is 91.2 cm³/mol. The summed E-state index contributed by atoms with van der Waals surface area (Å²) in [5, 5.41) is 4.91. The molecule has 0 saturated heterocycles. The average molecular weight is 341 g/mol. The molecule has 2 aromatic carbocycles. The first kappa shape index (κ1) is 15.0. The van der Waals surface area contributed by atoms with E-state index >= 15 is 0 Å². The van der Waals surface area contributed by atoms with E-state index in [2.05, 4.69) is 5.32 Å². The maximum absolute atomic E-state index is 13.2. The van der Waals surface area contributed by atoms with Crippen molar-refractivity contribution >= 4 is 22.9 Å². The molecule has 120 valence electrons. The maximum Gasteiger partial charge on any atom is 0.225 e. The van der Waals surface area contributed by atoms with Gasteiger partial charge in [-0.05, 0) is 35.4 Å². The Hall–Kier alpha value is -2.53. The molecular weight excluding hydrogens is 328 g/mol. The number of thiophene rings is 1. The lowest BCUT2D eigenvalue weighted by molar-refractivity contribution is -0.116. The van der Waals surface area contributed by atoms with Crippen molar-refractivity contribution in [1.29, 1.82) is 0 Å². The van der Waals surface area contributed by atoms with Crippen molar-refractivity contribution in [3.8, 4) is 11.1 Å². The van der Waals surface area contributed by atoms with Gasteiger partial charge in [-0.3, -0.25) is 4.79 Å². The van der Waals surface area contributed by atoms with E-state index < -0.39 is 0 Å². The summed E-state index contributed by atoms with van der Waals surface area (Å²) < 4.78 is 26.3. The molecule has 0 fully saturated rings. The number of halogens is 2. The molecule has 0 spiro atoms. The molecule has 0 aliphatic carbocycles. The van der Waals surface area contributed by atoms with Crippen LogP contribution in [0.1, 0.15) is 22.8 Å². The summed E-state index contributed by atoms with van der Waals surface area (Å²) >= 11 is 1.56. The van der Waals surface area contributed by atoms with Crippen LogP contribution in [0.4, 0.5) is 14.5 Å². The lowest BCUT2D eigenvalue weighted by Crippen LogP contribution is -2.22. The Morgan fingerprint density at radius 2 is 1.58 bits per heavy atom. The topological polar surface area (TPSA) is 29.1 Å². The fraction of sp³-hybridized carbons (Fsp3) is 0.105. The monoisotopic (exact) mass is 341 g/mol. The van der Waals surface area contributed by atoms with Gasteiger partial charge in [-0.25, -0.2) is 8.78 Å². The number of rotatable bonds is 2. The van der Waals surface area contributed by atoms with Gasteiger partial charge in [-0.2, -0.15) is 0 Å². The number of hydrogen-bond acceptors (Lipinski definition) is 2. The van der Waals surface area contributed by atoms with Crippen LogP contribution in [-0.2, 0) is 4.79 Å². The van der Waals surface area contributed by atoms with Crippen molar-refractivity contribution in [2.75, 3.05) is 5.32 Å². The molecule has 0 radical (unpaired) electrons. The summed E-state index contributed by atoms with van der Waals surface area (Å²) in [4.78, 5) is 13.2. The molecule has 1 amide bonds. The smallest absolute Gasteiger partial charge is 0.225 e. The second-order valence-electron chi connectivity index (χ2n) is 5.75. The highest BCUT2D eigenvalue weighted by molar-refractivity contribution is 7.11. The van der Waals surface area contributed by atoms with Gasteiger partial charge in [-0.15, -0.1) is 11.3 Å². The Morgan fingerprint density at radius 1 is 0.958 bits per heavy atom. The molecule has 1 aliphatic heterocycles. The van der Waals surface area contributed by atoms with Crippen LogP contribution in [0.5, 0.6) is 0 Å². The third-order valence-electron chi connectivity index (χ3n) is 4.22. The fourth-order valence-electron chi connectivity index (χ4n) is 3.03. The van der Waals surface area contributed by atoms with Crippen molar-refractivity contribution in [3.63, 3.8) is 0 Å². The Labute approximate surface area is 141 Å². The second-order valence-corrected chi connectivity index (χ2v) is 6.66. The molecule has 24 heavy (non-hydrogen) atoms. The van der Waals surface area contributed by atoms with Crippen LogP contribution < -0.4 is 5.32 Å². The molecule has 3 aromatic rings. The molecular formula is C19H13F2NOS. The lowest BCUT2D eigenvalue weighted by atomic mass is 9.89.